The Kier molecular flexibility index (Phi) is 5.69. The lowest BCUT2D eigenvalue weighted by Gasteiger charge is -2.36. The topological polar surface area (TPSA) is 6.02 Å². The number of hydrogen-bond acceptors (Lipinski definition) is 0. The van der Waals surface area contributed by atoms with E-state index in [2.05, 4.69) is 167 Å². The summed E-state index contributed by atoms with van der Waals surface area (Å²) in [5, 5.41) is 0. The number of hydrogen-bond donors (Lipinski definition) is 0. The summed E-state index contributed by atoms with van der Waals surface area (Å²) < 4.78 is 4.94. The average Bonchev–Trinajstić information content (AvgIpc) is 3.65. The molecule has 2 heteroatoms. The van der Waals surface area contributed by atoms with Crippen LogP contribution in [0.2, 0.25) is 0 Å². The van der Waals surface area contributed by atoms with E-state index in [9.17, 15) is 0 Å². The average molecular weight is 591 g/mol. The Balaban J connectivity index is 1.03. The predicted octanol–water partition coefficient (Wildman–Crippen LogP) is 10.2. The smallest absolute Gasteiger partial charge is 0.157 e. The van der Waals surface area contributed by atoms with Gasteiger partial charge in [0.25, 0.3) is 0 Å². The maximum Gasteiger partial charge on any atom is 0.215 e. The van der Waals surface area contributed by atoms with Crippen LogP contribution in [0.1, 0.15) is 46.9 Å². The molecule has 4 aromatic rings. The maximum atomic E-state index is 2.55. The molecular formula is C44H34N2+2. The van der Waals surface area contributed by atoms with Crippen molar-refractivity contribution < 1.29 is 0 Å². The largest absolute Gasteiger partial charge is 0.215 e. The number of para-hydroxylation sites is 2. The molecule has 0 saturated carbocycles. The first-order valence-electron chi connectivity index (χ1n) is 16.7. The Bertz CT molecular complexity index is 2070. The monoisotopic (exact) mass is 590 g/mol. The van der Waals surface area contributed by atoms with Gasteiger partial charge >= 0.3 is 0 Å². The summed E-state index contributed by atoms with van der Waals surface area (Å²) >= 11 is 0. The van der Waals surface area contributed by atoms with Crippen molar-refractivity contribution >= 4 is 45.3 Å². The number of allylic oxidation sites excluding steroid dienone is 12. The van der Waals surface area contributed by atoms with E-state index in [-0.39, 0.29) is 0 Å². The molecule has 0 spiro atoms. The Morgan fingerprint density at radius 2 is 1.02 bits per heavy atom. The molecule has 0 radical (unpaired) electrons. The molecule has 0 aromatic heterocycles. The quantitative estimate of drug-likeness (QED) is 0.209. The third-order valence-corrected chi connectivity index (χ3v) is 10.7. The summed E-state index contributed by atoms with van der Waals surface area (Å²) in [7, 11) is 0. The van der Waals surface area contributed by atoms with Gasteiger partial charge in [0.05, 0.1) is 11.8 Å². The van der Waals surface area contributed by atoms with Crippen LogP contribution in [0.3, 0.4) is 0 Å². The molecule has 0 fully saturated rings. The molecule has 218 valence electrons. The van der Waals surface area contributed by atoms with Crippen LogP contribution in [0.4, 0.5) is 22.7 Å². The van der Waals surface area contributed by atoms with Crippen molar-refractivity contribution in [3.05, 3.63) is 180 Å². The molecule has 2 unspecified atom stereocenters. The first kappa shape index (κ1) is 25.9. The molecular weight excluding hydrogens is 556 g/mol. The second-order valence-electron chi connectivity index (χ2n) is 13.2. The van der Waals surface area contributed by atoms with Crippen molar-refractivity contribution in [2.45, 2.75) is 24.7 Å². The van der Waals surface area contributed by atoms with Crippen LogP contribution in [0.5, 0.6) is 0 Å². The van der Waals surface area contributed by atoms with Gasteiger partial charge in [-0.3, -0.25) is 0 Å². The van der Waals surface area contributed by atoms with Crippen LogP contribution in [0.15, 0.2) is 158 Å². The Morgan fingerprint density at radius 3 is 1.54 bits per heavy atom. The molecule has 2 atom stereocenters. The highest BCUT2D eigenvalue weighted by Gasteiger charge is 2.40. The third-order valence-electron chi connectivity index (χ3n) is 10.7. The van der Waals surface area contributed by atoms with E-state index >= 15 is 0 Å². The second-order valence-corrected chi connectivity index (χ2v) is 13.2. The zero-order valence-corrected chi connectivity index (χ0v) is 25.6. The number of benzene rings is 4. The Morgan fingerprint density at radius 1 is 0.500 bits per heavy atom. The maximum absolute atomic E-state index is 2.55. The molecule has 2 bridgehead atoms. The van der Waals surface area contributed by atoms with Crippen molar-refractivity contribution in [3.63, 3.8) is 0 Å². The van der Waals surface area contributed by atoms with Crippen LogP contribution in [-0.4, -0.2) is 11.4 Å². The predicted molar refractivity (Wildman–Crippen MR) is 193 cm³/mol. The molecule has 0 N–H and O–H groups in total. The molecule has 2 aliphatic heterocycles. The minimum atomic E-state index is 0.313. The number of nitrogens with zero attached hydrogens (tertiary/aromatic N) is 2. The van der Waals surface area contributed by atoms with Crippen molar-refractivity contribution in [2.24, 2.45) is 11.8 Å². The lowest BCUT2D eigenvalue weighted by atomic mass is 9.68. The van der Waals surface area contributed by atoms with Crippen LogP contribution in [0, 0.1) is 11.8 Å². The molecule has 4 aromatic carbocycles. The fraction of sp³-hybridized carbons (Fsp3) is 0.136. The van der Waals surface area contributed by atoms with Gasteiger partial charge in [0.15, 0.2) is 11.4 Å². The second kappa shape index (κ2) is 10.1. The van der Waals surface area contributed by atoms with Gasteiger partial charge in [-0.25, -0.2) is 0 Å². The zero-order chi connectivity index (χ0) is 30.2. The van der Waals surface area contributed by atoms with Crippen LogP contribution >= 0.6 is 0 Å². The SMILES string of the molecule is C1=CC2=[N+](c3cccc(C4=CC5C=C(c6cccc([N+]7=C8C=CC=CC8c8ccccc87)c6)C4CC5)c3)c3ccccc3C2C=C1. The molecule has 5 aliphatic carbocycles. The van der Waals surface area contributed by atoms with E-state index in [1.807, 2.05) is 0 Å². The summed E-state index contributed by atoms with van der Waals surface area (Å²) in [6, 6.07) is 36.3. The lowest BCUT2D eigenvalue weighted by Crippen LogP contribution is -2.21. The molecule has 2 heterocycles. The first-order valence-corrected chi connectivity index (χ1v) is 16.7. The first-order chi connectivity index (χ1) is 22.8. The molecule has 0 saturated heterocycles. The van der Waals surface area contributed by atoms with Crippen molar-refractivity contribution in [1.29, 1.82) is 0 Å². The lowest BCUT2D eigenvalue weighted by molar-refractivity contribution is 0.556. The Hall–Kier alpha value is -5.34. The van der Waals surface area contributed by atoms with E-state index in [1.54, 1.807) is 0 Å². The van der Waals surface area contributed by atoms with Gasteiger partial charge < -0.3 is 0 Å². The molecule has 2 nitrogen and oxygen atoms in total. The summed E-state index contributed by atoms with van der Waals surface area (Å²) in [6.45, 7) is 0. The minimum Gasteiger partial charge on any atom is -0.157 e. The van der Waals surface area contributed by atoms with E-state index in [0.29, 0.717) is 23.7 Å². The van der Waals surface area contributed by atoms with Crippen molar-refractivity contribution in [3.8, 4) is 0 Å². The van der Waals surface area contributed by atoms with Gasteiger partial charge in [0.1, 0.15) is 0 Å². The summed E-state index contributed by atoms with van der Waals surface area (Å²) in [6.07, 6.45) is 25.4. The van der Waals surface area contributed by atoms with Gasteiger partial charge in [-0.2, -0.15) is 9.15 Å². The number of rotatable bonds is 4. The highest BCUT2D eigenvalue weighted by atomic mass is 15.1. The molecule has 11 rings (SSSR count). The van der Waals surface area contributed by atoms with Gasteiger partial charge in [0, 0.05) is 65.6 Å². The minimum absolute atomic E-state index is 0.313. The molecule has 0 amide bonds. The standard InChI is InChI=1S/C44H34N2/c1-5-19-41-35(15-1)36-16-2-6-20-42(36)45(41)32-13-9-11-30(27-32)39-25-29-23-24-34(39)40(26-29)31-12-10-14-33(28-31)46-43-21-7-3-17-37(43)38-18-4-8-22-44(38)46/h1-22,25-29,34-35,37H,23-24H2/q+2. The molecule has 46 heavy (non-hydrogen) atoms. The normalized spacial score (nSPS) is 24.5. The summed E-state index contributed by atoms with van der Waals surface area (Å²) in [5.74, 6) is 1.49. The van der Waals surface area contributed by atoms with E-state index < -0.39 is 0 Å². The fourth-order valence-electron chi connectivity index (χ4n) is 8.77. The van der Waals surface area contributed by atoms with Crippen molar-refractivity contribution in [1.82, 2.24) is 9.15 Å². The fourth-order valence-corrected chi connectivity index (χ4v) is 8.77. The highest BCUT2D eigenvalue weighted by molar-refractivity contribution is 6.11. The summed E-state index contributed by atoms with van der Waals surface area (Å²) in [4.78, 5) is 0. The van der Waals surface area contributed by atoms with Crippen LogP contribution < -0.4 is 9.15 Å². The van der Waals surface area contributed by atoms with Gasteiger partial charge in [-0.1, -0.05) is 109 Å². The van der Waals surface area contributed by atoms with Gasteiger partial charge in [-0.05, 0) is 41.0 Å². The van der Waals surface area contributed by atoms with E-state index in [4.69, 9.17) is 0 Å². The van der Waals surface area contributed by atoms with Crippen LogP contribution in [-0.2, 0) is 0 Å². The van der Waals surface area contributed by atoms with Crippen LogP contribution in [0.25, 0.3) is 11.1 Å². The van der Waals surface area contributed by atoms with Gasteiger partial charge in [0.2, 0.25) is 22.7 Å². The highest BCUT2D eigenvalue weighted by Crippen LogP contribution is 2.50. The van der Waals surface area contributed by atoms with Gasteiger partial charge in [-0.15, -0.1) is 0 Å². The van der Waals surface area contributed by atoms with Crippen molar-refractivity contribution in [2.75, 3.05) is 0 Å². The van der Waals surface area contributed by atoms with E-state index in [0.717, 1.165) is 0 Å². The molecule has 7 aliphatic rings. The van der Waals surface area contributed by atoms with E-state index in [1.165, 1.54) is 80.4 Å². The summed E-state index contributed by atoms with van der Waals surface area (Å²) in [5.41, 5.74) is 16.2. The Labute approximate surface area is 270 Å². The zero-order valence-electron chi connectivity index (χ0n) is 25.6. The third kappa shape index (κ3) is 3.83. The number of fused-ring (bicyclic) bond motifs is 7.